The number of carbonyl (C=O) groups excluding carboxylic acids is 5. The molecule has 0 aromatic heterocycles. The van der Waals surface area contributed by atoms with Crippen LogP contribution in [-0.2, 0) is 44.6 Å². The maximum Gasteiger partial charge on any atom is 0.411 e. The fourth-order valence-electron chi connectivity index (χ4n) is 9.21. The standard InChI is InChI=1S/C42H59N5O11/c1-11-31-42(8)35-24(4)32(48)22(2)17-41(7,36(25(5)33(49)26(6)37(51)55-31)56-38-34(50)30(46(9)10)16-23(3)54-38)57-39(52)45-20-29(21-47(35)40(53)58-42)44-19-28-14-12-27(18-43)13-15-28/h12-15,22-26,30-31,34-36,38,50H,11,16-17,19-21H2,1-10H3,(H,45,52)/t22-,23-,24+,25+,26-,30+,31-,34-,35+,36-,38+,41-,42-/m1/s1. The number of rotatable bonds is 6. The summed E-state index contributed by atoms with van der Waals surface area (Å²) in [7, 11) is 3.65. The molecule has 1 aromatic carbocycles. The highest BCUT2D eigenvalue weighted by atomic mass is 16.7. The number of aliphatic hydroxyl groups is 1. The number of aliphatic hydroxyl groups excluding tert-OH is 1. The van der Waals surface area contributed by atoms with Crippen molar-refractivity contribution in [2.75, 3.05) is 27.2 Å². The zero-order chi connectivity index (χ0) is 42.9. The number of nitrogens with one attached hydrogen (secondary N) is 1. The molecule has 4 aliphatic rings. The Labute approximate surface area is 340 Å². The lowest BCUT2D eigenvalue weighted by Gasteiger charge is -2.47. The lowest BCUT2D eigenvalue weighted by Crippen LogP contribution is -2.60. The van der Waals surface area contributed by atoms with E-state index in [4.69, 9.17) is 28.7 Å². The molecule has 0 aliphatic carbocycles. The molecule has 2 amide bonds. The number of benzene rings is 1. The quantitative estimate of drug-likeness (QED) is 0.239. The number of ketones is 2. The molecule has 0 spiro atoms. The third-order valence-electron chi connectivity index (χ3n) is 12.4. The first-order chi connectivity index (χ1) is 27.2. The molecule has 5 rings (SSSR count). The van der Waals surface area contributed by atoms with Crippen molar-refractivity contribution in [1.82, 2.24) is 15.1 Å². The number of esters is 1. The van der Waals surface area contributed by atoms with Gasteiger partial charge in [-0.2, -0.15) is 5.26 Å². The third kappa shape index (κ3) is 9.07. The van der Waals surface area contributed by atoms with E-state index in [1.165, 1.54) is 11.8 Å². The second-order valence-corrected chi connectivity index (χ2v) is 17.0. The van der Waals surface area contributed by atoms with Gasteiger partial charge in [-0.3, -0.25) is 24.3 Å². The summed E-state index contributed by atoms with van der Waals surface area (Å²) in [5.74, 6) is -6.03. The van der Waals surface area contributed by atoms with Crippen LogP contribution in [0, 0.1) is 35.0 Å². The van der Waals surface area contributed by atoms with Crippen molar-refractivity contribution < 1.29 is 52.8 Å². The number of alkyl carbamates (subject to hydrolysis) is 1. The van der Waals surface area contributed by atoms with Crippen LogP contribution in [0.5, 0.6) is 0 Å². The van der Waals surface area contributed by atoms with Crippen LogP contribution >= 0.6 is 0 Å². The van der Waals surface area contributed by atoms with Crippen LogP contribution in [0.2, 0.25) is 0 Å². The first-order valence-corrected chi connectivity index (χ1v) is 20.2. The summed E-state index contributed by atoms with van der Waals surface area (Å²) in [6.45, 7) is 12.9. The first kappa shape index (κ1) is 44.7. The van der Waals surface area contributed by atoms with Gasteiger partial charge in [0.15, 0.2) is 17.7 Å². The number of likely N-dealkylation sites (N-methyl/N-ethyl adjacent to an activating group) is 1. The number of nitrogens with zero attached hydrogens (tertiary/aromatic N) is 4. The number of ether oxygens (including phenoxy) is 5. The van der Waals surface area contributed by atoms with Gasteiger partial charge in [-0.15, -0.1) is 0 Å². The molecule has 4 aliphatic heterocycles. The Morgan fingerprint density at radius 3 is 2.31 bits per heavy atom. The van der Waals surface area contributed by atoms with Gasteiger partial charge >= 0.3 is 18.2 Å². The lowest BCUT2D eigenvalue weighted by atomic mass is 9.73. The van der Waals surface area contributed by atoms with E-state index in [9.17, 15) is 34.3 Å². The molecule has 2 N–H and O–H groups in total. The monoisotopic (exact) mass is 809 g/mol. The van der Waals surface area contributed by atoms with Crippen molar-refractivity contribution in [3.8, 4) is 6.07 Å². The minimum absolute atomic E-state index is 0.129. The third-order valence-corrected chi connectivity index (χ3v) is 12.4. The van der Waals surface area contributed by atoms with E-state index in [0.29, 0.717) is 17.7 Å². The number of amides is 2. The van der Waals surface area contributed by atoms with Crippen molar-refractivity contribution in [2.24, 2.45) is 28.7 Å². The second kappa shape index (κ2) is 17.8. The van der Waals surface area contributed by atoms with Gasteiger partial charge in [0.2, 0.25) is 0 Å². The maximum atomic E-state index is 14.8. The molecule has 4 fully saturated rings. The van der Waals surface area contributed by atoms with Gasteiger partial charge in [0.05, 0.1) is 49.1 Å². The van der Waals surface area contributed by atoms with E-state index in [1.54, 1.807) is 65.8 Å². The van der Waals surface area contributed by atoms with Crippen molar-refractivity contribution in [1.29, 1.82) is 5.26 Å². The Morgan fingerprint density at radius 2 is 1.69 bits per heavy atom. The molecule has 58 heavy (non-hydrogen) atoms. The van der Waals surface area contributed by atoms with Crippen LogP contribution in [0.15, 0.2) is 29.3 Å². The van der Waals surface area contributed by atoms with Crippen LogP contribution < -0.4 is 5.32 Å². The number of carbonyl (C=O) groups is 5. The molecule has 13 atom stereocenters. The Balaban J connectivity index is 1.68. The summed E-state index contributed by atoms with van der Waals surface area (Å²) in [4.78, 5) is 79.2. The molecule has 16 nitrogen and oxygen atoms in total. The molecular formula is C42H59N5O11. The van der Waals surface area contributed by atoms with Crippen LogP contribution in [-0.4, -0.2) is 132 Å². The fourth-order valence-corrected chi connectivity index (χ4v) is 9.21. The Morgan fingerprint density at radius 1 is 1.02 bits per heavy atom. The average Bonchev–Trinajstić information content (AvgIpc) is 3.44. The number of aliphatic imine (C=N–C) groups is 1. The molecule has 0 radical (unpaired) electrons. The van der Waals surface area contributed by atoms with Gasteiger partial charge in [0.25, 0.3) is 0 Å². The number of hydrogen-bond acceptors (Lipinski definition) is 14. The van der Waals surface area contributed by atoms with E-state index in [2.05, 4.69) is 11.4 Å². The largest absolute Gasteiger partial charge is 0.458 e. The van der Waals surface area contributed by atoms with E-state index in [0.717, 1.165) is 5.56 Å². The predicted octanol–water partition coefficient (Wildman–Crippen LogP) is 3.80. The normalized spacial score (nSPS) is 38.6. The molecule has 4 saturated heterocycles. The van der Waals surface area contributed by atoms with Gasteiger partial charge in [-0.1, -0.05) is 39.8 Å². The molecule has 2 bridgehead atoms. The fraction of sp³-hybridized carbons (Fsp3) is 0.690. The summed E-state index contributed by atoms with van der Waals surface area (Å²) in [5, 5.41) is 23.6. The molecule has 1 aromatic rings. The molecule has 0 unspecified atom stereocenters. The van der Waals surface area contributed by atoms with Crippen LogP contribution in [0.25, 0.3) is 0 Å². The number of fused-ring (bicyclic) bond motifs is 4. The van der Waals surface area contributed by atoms with E-state index in [-0.39, 0.29) is 50.4 Å². The van der Waals surface area contributed by atoms with Gasteiger partial charge in [-0.25, -0.2) is 9.59 Å². The van der Waals surface area contributed by atoms with Gasteiger partial charge in [-0.05, 0) is 78.7 Å². The summed E-state index contributed by atoms with van der Waals surface area (Å²) in [6, 6.07) is 7.54. The summed E-state index contributed by atoms with van der Waals surface area (Å²) >= 11 is 0. The minimum Gasteiger partial charge on any atom is -0.458 e. The number of Topliss-reactive ketones (excluding diaryl/α,β-unsaturated/α-hetero) is 2. The van der Waals surface area contributed by atoms with Crippen molar-refractivity contribution in [3.63, 3.8) is 0 Å². The highest BCUT2D eigenvalue weighted by Crippen LogP contribution is 2.43. The molecule has 4 heterocycles. The smallest absolute Gasteiger partial charge is 0.411 e. The molecule has 318 valence electrons. The van der Waals surface area contributed by atoms with Crippen LogP contribution in [0.4, 0.5) is 9.59 Å². The van der Waals surface area contributed by atoms with Crippen molar-refractivity contribution >= 4 is 35.4 Å². The number of cyclic esters (lactones) is 1. The maximum absolute atomic E-state index is 14.8. The van der Waals surface area contributed by atoms with E-state index < -0.39 is 89.5 Å². The van der Waals surface area contributed by atoms with E-state index >= 15 is 0 Å². The van der Waals surface area contributed by atoms with Gasteiger partial charge in [0.1, 0.15) is 35.6 Å². The number of nitriles is 1. The Kier molecular flexibility index (Phi) is 13.7. The van der Waals surface area contributed by atoms with E-state index in [1.807, 2.05) is 25.9 Å². The Hall–Kier alpha value is -4.43. The van der Waals surface area contributed by atoms with Gasteiger partial charge in [0, 0.05) is 23.8 Å². The summed E-state index contributed by atoms with van der Waals surface area (Å²) in [6.07, 6.45) is -6.40. The zero-order valence-electron chi connectivity index (χ0n) is 35.2. The van der Waals surface area contributed by atoms with Crippen molar-refractivity contribution in [2.45, 2.75) is 135 Å². The van der Waals surface area contributed by atoms with Crippen LogP contribution in [0.3, 0.4) is 0 Å². The topological polar surface area (TPSA) is 206 Å². The highest BCUT2D eigenvalue weighted by molar-refractivity contribution is 6.00. The van der Waals surface area contributed by atoms with Crippen LogP contribution in [0.1, 0.15) is 85.8 Å². The first-order valence-electron chi connectivity index (χ1n) is 20.2. The molecule has 0 saturated carbocycles. The van der Waals surface area contributed by atoms with Crippen molar-refractivity contribution in [3.05, 3.63) is 35.4 Å². The average molecular weight is 810 g/mol. The lowest BCUT2D eigenvalue weighted by molar-refractivity contribution is -0.292. The molecule has 16 heteroatoms. The highest BCUT2D eigenvalue weighted by Gasteiger charge is 2.61. The summed E-state index contributed by atoms with van der Waals surface area (Å²) < 4.78 is 31.2. The predicted molar refractivity (Wildman–Crippen MR) is 209 cm³/mol. The molecular weight excluding hydrogens is 750 g/mol. The van der Waals surface area contributed by atoms with Gasteiger partial charge < -0.3 is 39.0 Å². The minimum atomic E-state index is -1.75. The Bertz CT molecular complexity index is 1800. The second-order valence-electron chi connectivity index (χ2n) is 17.0. The summed E-state index contributed by atoms with van der Waals surface area (Å²) in [5.41, 5.74) is -1.72. The number of hydrogen-bond donors (Lipinski definition) is 2. The SMILES string of the molecule is CC[C@H]1OC(=O)[C@H](C)C(=O)[C@H](C)[C@@H](O[C@@H]2O[C@H](C)C[C@H](N(C)C)[C@H]2O)[C@@]2(C)C[C@@H](C)C(=O)[C@H](C)[C@@H]3N(CC(=NCc4ccc(C#N)cc4)CNC(=O)O2)C(=O)O[C@@]31C. The zero-order valence-corrected chi connectivity index (χ0v) is 35.2.